The Bertz CT molecular complexity index is 430. The molecule has 0 amide bonds. The minimum absolute atomic E-state index is 0.0563. The normalized spacial score (nSPS) is 48.8. The number of methoxy groups -OCH3 is 1. The van der Waals surface area contributed by atoms with Gasteiger partial charge in [0.15, 0.2) is 0 Å². The van der Waals surface area contributed by atoms with Gasteiger partial charge in [-0.1, -0.05) is 12.2 Å². The van der Waals surface area contributed by atoms with Gasteiger partial charge in [-0.2, -0.15) is 0 Å². The van der Waals surface area contributed by atoms with Gasteiger partial charge in [-0.15, -0.1) is 0 Å². The number of allylic oxidation sites excluding steroid dienone is 1. The molecule has 106 valence electrons. The second kappa shape index (κ2) is 4.08. The van der Waals surface area contributed by atoms with Crippen LogP contribution in [0, 0.1) is 17.3 Å². The summed E-state index contributed by atoms with van der Waals surface area (Å²) < 4.78 is 10.8. The fraction of sp³-hybridized carbons (Fsp3) is 0.812. The Morgan fingerprint density at radius 1 is 1.42 bits per heavy atom. The predicted octanol–water partition coefficient (Wildman–Crippen LogP) is 3.09. The predicted molar refractivity (Wildman–Crippen MR) is 72.6 cm³/mol. The molecular weight excluding hydrogens is 240 g/mol. The SMILES string of the molecule is C=C1CC[C@H]2O[C@]2(C)CC[C@@H]2[C@@H]1C[C@@]2(C)C(=O)OC. The molecular formula is C16H24O3. The summed E-state index contributed by atoms with van der Waals surface area (Å²) in [5.74, 6) is 0.830. The van der Waals surface area contributed by atoms with Gasteiger partial charge in [0.1, 0.15) is 0 Å². The second-order valence-corrected chi connectivity index (χ2v) is 6.98. The number of rotatable bonds is 1. The van der Waals surface area contributed by atoms with Crippen LogP contribution in [0.25, 0.3) is 0 Å². The van der Waals surface area contributed by atoms with Crippen LogP contribution in [0.3, 0.4) is 0 Å². The summed E-state index contributed by atoms with van der Waals surface area (Å²) in [4.78, 5) is 12.1. The minimum atomic E-state index is -0.312. The van der Waals surface area contributed by atoms with Crippen molar-refractivity contribution in [2.24, 2.45) is 17.3 Å². The molecule has 0 aromatic heterocycles. The first-order valence-corrected chi connectivity index (χ1v) is 7.34. The van der Waals surface area contributed by atoms with Crippen molar-refractivity contribution >= 4 is 5.97 Å². The van der Waals surface area contributed by atoms with Gasteiger partial charge in [0.2, 0.25) is 0 Å². The number of fused-ring (bicyclic) bond motifs is 2. The molecule has 2 saturated carbocycles. The molecule has 3 rings (SSSR count). The van der Waals surface area contributed by atoms with Crippen molar-refractivity contribution < 1.29 is 14.3 Å². The van der Waals surface area contributed by atoms with Gasteiger partial charge in [-0.05, 0) is 57.8 Å². The lowest BCUT2D eigenvalue weighted by atomic mass is 9.51. The maximum absolute atomic E-state index is 12.1. The van der Waals surface area contributed by atoms with Gasteiger partial charge in [0.25, 0.3) is 0 Å². The van der Waals surface area contributed by atoms with Crippen molar-refractivity contribution in [1.82, 2.24) is 0 Å². The van der Waals surface area contributed by atoms with E-state index in [0.717, 1.165) is 32.1 Å². The van der Waals surface area contributed by atoms with Crippen LogP contribution in [0.4, 0.5) is 0 Å². The van der Waals surface area contributed by atoms with E-state index in [-0.39, 0.29) is 17.0 Å². The molecule has 2 aliphatic carbocycles. The smallest absolute Gasteiger partial charge is 0.311 e. The highest BCUT2D eigenvalue weighted by Crippen LogP contribution is 2.59. The van der Waals surface area contributed by atoms with Crippen LogP contribution in [0.2, 0.25) is 0 Å². The Labute approximate surface area is 115 Å². The zero-order valence-electron chi connectivity index (χ0n) is 12.2. The largest absolute Gasteiger partial charge is 0.469 e. The number of carbonyl (C=O) groups is 1. The summed E-state index contributed by atoms with van der Waals surface area (Å²) in [7, 11) is 1.49. The molecule has 0 aromatic carbocycles. The Balaban J connectivity index is 1.80. The number of hydrogen-bond donors (Lipinski definition) is 0. The Morgan fingerprint density at radius 2 is 2.16 bits per heavy atom. The number of carbonyl (C=O) groups excluding carboxylic acids is 1. The third-order valence-electron chi connectivity index (χ3n) is 5.84. The lowest BCUT2D eigenvalue weighted by Crippen LogP contribution is -2.52. The van der Waals surface area contributed by atoms with Gasteiger partial charge in [-0.3, -0.25) is 4.79 Å². The molecule has 1 heterocycles. The molecule has 0 spiro atoms. The van der Waals surface area contributed by atoms with E-state index in [1.165, 1.54) is 12.7 Å². The van der Waals surface area contributed by atoms with Gasteiger partial charge in [0, 0.05) is 0 Å². The third kappa shape index (κ3) is 1.85. The average molecular weight is 264 g/mol. The number of hydrogen-bond acceptors (Lipinski definition) is 3. The summed E-state index contributed by atoms with van der Waals surface area (Å²) >= 11 is 0. The van der Waals surface area contributed by atoms with Gasteiger partial charge >= 0.3 is 5.97 Å². The van der Waals surface area contributed by atoms with Crippen molar-refractivity contribution in [3.8, 4) is 0 Å². The summed E-state index contributed by atoms with van der Waals surface area (Å²) in [6.07, 6.45) is 5.55. The molecule has 0 bridgehead atoms. The second-order valence-electron chi connectivity index (χ2n) is 6.98. The van der Waals surface area contributed by atoms with Crippen LogP contribution in [-0.4, -0.2) is 24.8 Å². The molecule has 3 nitrogen and oxygen atoms in total. The van der Waals surface area contributed by atoms with Crippen LogP contribution in [0.5, 0.6) is 0 Å². The van der Waals surface area contributed by atoms with E-state index >= 15 is 0 Å². The Morgan fingerprint density at radius 3 is 2.84 bits per heavy atom. The Hall–Kier alpha value is -0.830. The van der Waals surface area contributed by atoms with Crippen LogP contribution in [0.15, 0.2) is 12.2 Å². The van der Waals surface area contributed by atoms with E-state index in [1.807, 2.05) is 0 Å². The van der Waals surface area contributed by atoms with E-state index in [4.69, 9.17) is 9.47 Å². The lowest BCUT2D eigenvalue weighted by molar-refractivity contribution is -0.168. The van der Waals surface area contributed by atoms with Crippen molar-refractivity contribution in [1.29, 1.82) is 0 Å². The summed E-state index contributed by atoms with van der Waals surface area (Å²) in [6, 6.07) is 0. The first kappa shape index (κ1) is 13.2. The fourth-order valence-corrected chi connectivity index (χ4v) is 4.27. The van der Waals surface area contributed by atoms with Crippen molar-refractivity contribution in [2.75, 3.05) is 7.11 Å². The molecule has 0 radical (unpaired) electrons. The van der Waals surface area contributed by atoms with Crippen molar-refractivity contribution in [2.45, 2.75) is 57.7 Å². The molecule has 3 heteroatoms. The van der Waals surface area contributed by atoms with Crippen molar-refractivity contribution in [3.63, 3.8) is 0 Å². The van der Waals surface area contributed by atoms with Gasteiger partial charge in [-0.25, -0.2) is 0 Å². The maximum atomic E-state index is 12.1. The van der Waals surface area contributed by atoms with E-state index < -0.39 is 0 Å². The van der Waals surface area contributed by atoms with Crippen molar-refractivity contribution in [3.05, 3.63) is 12.2 Å². The van der Waals surface area contributed by atoms with Crippen LogP contribution >= 0.6 is 0 Å². The molecule has 0 N–H and O–H groups in total. The summed E-state index contributed by atoms with van der Waals surface area (Å²) in [5, 5.41) is 0. The quantitative estimate of drug-likeness (QED) is 0.415. The molecule has 0 aromatic rings. The highest BCUT2D eigenvalue weighted by Gasteiger charge is 2.60. The highest BCUT2D eigenvalue weighted by molar-refractivity contribution is 5.78. The summed E-state index contributed by atoms with van der Waals surface area (Å²) in [5.41, 5.74) is 1.06. The van der Waals surface area contributed by atoms with Gasteiger partial charge < -0.3 is 9.47 Å². The third-order valence-corrected chi connectivity index (χ3v) is 5.84. The molecule has 1 saturated heterocycles. The number of esters is 1. The molecule has 3 aliphatic rings. The first-order valence-electron chi connectivity index (χ1n) is 7.34. The monoisotopic (exact) mass is 264 g/mol. The van der Waals surface area contributed by atoms with Gasteiger partial charge in [0.05, 0.1) is 24.2 Å². The standard InChI is InChI=1S/C16H24O3/c1-10-5-6-13-16(3,19-13)8-7-12-11(10)9-15(12,2)14(17)18-4/h11-13H,1,5-9H2,2-4H3/t11-,12-,13-,15-,16-/m1/s1. The molecule has 3 fully saturated rings. The first-order chi connectivity index (χ1) is 8.90. The van der Waals surface area contributed by atoms with E-state index in [2.05, 4.69) is 20.4 Å². The maximum Gasteiger partial charge on any atom is 0.311 e. The highest BCUT2D eigenvalue weighted by atomic mass is 16.6. The average Bonchev–Trinajstić information content (AvgIpc) is 3.01. The molecule has 5 atom stereocenters. The summed E-state index contributed by atoms with van der Waals surface area (Å²) in [6.45, 7) is 8.52. The Kier molecular flexibility index (Phi) is 2.83. The minimum Gasteiger partial charge on any atom is -0.469 e. The van der Waals surface area contributed by atoms with E-state index in [1.54, 1.807) is 0 Å². The lowest BCUT2D eigenvalue weighted by Gasteiger charge is -2.52. The zero-order valence-corrected chi connectivity index (χ0v) is 12.2. The molecule has 1 aliphatic heterocycles. The zero-order chi connectivity index (χ0) is 13.8. The topological polar surface area (TPSA) is 38.8 Å². The van der Waals surface area contributed by atoms with Crippen LogP contribution in [0.1, 0.15) is 46.0 Å². The van der Waals surface area contributed by atoms with E-state index in [0.29, 0.717) is 17.9 Å². The number of ether oxygens (including phenoxy) is 2. The molecule has 19 heavy (non-hydrogen) atoms. The fourth-order valence-electron chi connectivity index (χ4n) is 4.27. The van der Waals surface area contributed by atoms with Crippen LogP contribution < -0.4 is 0 Å². The number of epoxide rings is 1. The van der Waals surface area contributed by atoms with Crippen LogP contribution in [-0.2, 0) is 14.3 Å². The van der Waals surface area contributed by atoms with E-state index in [9.17, 15) is 4.79 Å². The molecule has 0 unspecified atom stereocenters.